The van der Waals surface area contributed by atoms with Gasteiger partial charge < -0.3 is 5.11 Å². The average Bonchev–Trinajstić information content (AvgIpc) is 2.41. The summed E-state index contributed by atoms with van der Waals surface area (Å²) in [6.45, 7) is 3.72. The lowest BCUT2D eigenvalue weighted by atomic mass is 10.1. The summed E-state index contributed by atoms with van der Waals surface area (Å²) in [6.07, 6.45) is 0. The van der Waals surface area contributed by atoms with Gasteiger partial charge in [0.1, 0.15) is 0 Å². The molecule has 104 valence electrons. The molecule has 0 aliphatic heterocycles. The summed E-state index contributed by atoms with van der Waals surface area (Å²) < 4.78 is 2.21. The highest BCUT2D eigenvalue weighted by Gasteiger charge is 2.13. The molecule has 2 aromatic rings. The van der Waals surface area contributed by atoms with Crippen molar-refractivity contribution in [2.24, 2.45) is 0 Å². The first kappa shape index (κ1) is 14.5. The second-order valence-electron chi connectivity index (χ2n) is 4.43. The van der Waals surface area contributed by atoms with Crippen LogP contribution in [0, 0.1) is 13.8 Å². The van der Waals surface area contributed by atoms with Crippen LogP contribution in [0.4, 0.5) is 0 Å². The molecule has 5 nitrogen and oxygen atoms in total. The quantitative estimate of drug-likeness (QED) is 0.933. The zero-order valence-corrected chi connectivity index (χ0v) is 12.6. The molecule has 0 bridgehead atoms. The summed E-state index contributed by atoms with van der Waals surface area (Å²) in [5.41, 5.74) is 1.72. The van der Waals surface area contributed by atoms with Gasteiger partial charge in [0.2, 0.25) is 0 Å². The highest BCUT2D eigenvalue weighted by Crippen LogP contribution is 2.18. The number of benzene rings is 1. The Balaban J connectivity index is 2.54. The monoisotopic (exact) mass is 336 g/mol. The van der Waals surface area contributed by atoms with Crippen molar-refractivity contribution in [3.63, 3.8) is 0 Å². The first-order chi connectivity index (χ1) is 9.41. The molecule has 20 heavy (non-hydrogen) atoms. The third kappa shape index (κ3) is 2.65. The number of aryl methyl sites for hydroxylation is 1. The first-order valence-electron chi connectivity index (χ1n) is 5.96. The third-order valence-corrected chi connectivity index (χ3v) is 4.26. The largest absolute Gasteiger partial charge is 0.478 e. The minimum absolute atomic E-state index is 0.180. The van der Waals surface area contributed by atoms with Gasteiger partial charge in [0.25, 0.3) is 0 Å². The minimum Gasteiger partial charge on any atom is -0.478 e. The van der Waals surface area contributed by atoms with Gasteiger partial charge in [-0.25, -0.2) is 9.59 Å². The second-order valence-corrected chi connectivity index (χ2v) is 5.22. The Labute approximate surface area is 124 Å². The molecule has 1 heterocycles. The number of nitrogens with zero attached hydrogens (tertiary/aromatic N) is 2. The summed E-state index contributed by atoms with van der Waals surface area (Å²) in [5, 5.41) is 9.17. The van der Waals surface area contributed by atoms with Crippen LogP contribution in [0.25, 0.3) is 0 Å². The van der Waals surface area contributed by atoms with Gasteiger partial charge >= 0.3 is 11.7 Å². The Kier molecular flexibility index (Phi) is 4.04. The maximum atomic E-state index is 12.0. The highest BCUT2D eigenvalue weighted by atomic mass is 79.9. The molecule has 6 heteroatoms. The number of carboxylic acid groups (broad SMARTS) is 1. The van der Waals surface area contributed by atoms with Crippen LogP contribution < -0.4 is 5.69 Å². The van der Waals surface area contributed by atoms with Crippen molar-refractivity contribution in [1.29, 1.82) is 0 Å². The van der Waals surface area contributed by atoms with Crippen molar-refractivity contribution in [2.75, 3.05) is 0 Å². The summed E-state index contributed by atoms with van der Waals surface area (Å²) >= 11 is 3.39. The molecule has 0 spiro atoms. The van der Waals surface area contributed by atoms with Gasteiger partial charge in [-0.05, 0) is 41.4 Å². The van der Waals surface area contributed by atoms with Crippen LogP contribution in [0.15, 0.2) is 33.5 Å². The fourth-order valence-electron chi connectivity index (χ4n) is 2.00. The van der Waals surface area contributed by atoms with Crippen molar-refractivity contribution in [3.8, 4) is 0 Å². The zero-order valence-electron chi connectivity index (χ0n) is 11.1. The van der Waals surface area contributed by atoms with E-state index >= 15 is 0 Å². The van der Waals surface area contributed by atoms with Crippen LogP contribution in [-0.2, 0) is 6.54 Å². The summed E-state index contributed by atoms with van der Waals surface area (Å²) in [7, 11) is 0. The molecule has 0 amide bonds. The van der Waals surface area contributed by atoms with E-state index in [1.54, 1.807) is 32.0 Å². The number of halogens is 1. The molecule has 0 saturated carbocycles. The molecule has 0 saturated heterocycles. The Morgan fingerprint density at radius 2 is 2.00 bits per heavy atom. The van der Waals surface area contributed by atoms with Gasteiger partial charge in [-0.15, -0.1) is 0 Å². The molecule has 0 atom stereocenters. The van der Waals surface area contributed by atoms with E-state index in [-0.39, 0.29) is 17.8 Å². The predicted molar refractivity (Wildman–Crippen MR) is 78.2 cm³/mol. The van der Waals surface area contributed by atoms with E-state index in [0.717, 1.165) is 10.2 Å². The van der Waals surface area contributed by atoms with E-state index in [2.05, 4.69) is 20.9 Å². The molecule has 0 fully saturated rings. The maximum Gasteiger partial charge on any atom is 0.348 e. The lowest BCUT2D eigenvalue weighted by molar-refractivity contribution is 0.0695. The number of aromatic nitrogens is 2. The van der Waals surface area contributed by atoms with Gasteiger partial charge in [-0.2, -0.15) is 4.98 Å². The van der Waals surface area contributed by atoms with Gasteiger partial charge in [0.05, 0.1) is 22.3 Å². The topological polar surface area (TPSA) is 72.2 Å². The van der Waals surface area contributed by atoms with Gasteiger partial charge in [-0.3, -0.25) is 4.57 Å². The smallest absolute Gasteiger partial charge is 0.348 e. The van der Waals surface area contributed by atoms with Crippen LogP contribution >= 0.6 is 15.9 Å². The van der Waals surface area contributed by atoms with Crippen molar-refractivity contribution in [3.05, 3.63) is 61.7 Å². The predicted octanol–water partition coefficient (Wildman–Crippen LogP) is 2.37. The van der Waals surface area contributed by atoms with Crippen LogP contribution in [-0.4, -0.2) is 20.6 Å². The molecule has 1 aromatic carbocycles. The highest BCUT2D eigenvalue weighted by molar-refractivity contribution is 9.10. The number of aromatic carboxylic acids is 1. The number of carbonyl (C=O) groups is 1. The molecule has 0 aliphatic rings. The molecule has 1 N–H and O–H groups in total. The number of hydrogen-bond donors (Lipinski definition) is 1. The SMILES string of the molecule is Cc1nc(=O)n(Cc2ccccc2C(=O)O)c(C)c1Br. The minimum atomic E-state index is -1.01. The van der Waals surface area contributed by atoms with Crippen LogP contribution in [0.3, 0.4) is 0 Å². The maximum absolute atomic E-state index is 12.0. The van der Waals surface area contributed by atoms with E-state index in [4.69, 9.17) is 5.11 Å². The van der Waals surface area contributed by atoms with E-state index in [9.17, 15) is 9.59 Å². The Bertz CT molecular complexity index is 738. The Morgan fingerprint density at radius 3 is 2.65 bits per heavy atom. The number of hydrogen-bond acceptors (Lipinski definition) is 3. The lowest BCUT2D eigenvalue weighted by Gasteiger charge is -2.13. The normalized spacial score (nSPS) is 10.6. The van der Waals surface area contributed by atoms with Crippen molar-refractivity contribution in [1.82, 2.24) is 9.55 Å². The van der Waals surface area contributed by atoms with E-state index in [1.165, 1.54) is 10.6 Å². The van der Waals surface area contributed by atoms with Crippen LogP contribution in [0.5, 0.6) is 0 Å². The van der Waals surface area contributed by atoms with Crippen LogP contribution in [0.1, 0.15) is 27.3 Å². The molecular formula is C14H13BrN2O3. The fraction of sp³-hybridized carbons (Fsp3) is 0.214. The van der Waals surface area contributed by atoms with E-state index in [1.807, 2.05) is 0 Å². The average molecular weight is 337 g/mol. The molecule has 0 radical (unpaired) electrons. The number of carboxylic acids is 1. The van der Waals surface area contributed by atoms with Crippen molar-refractivity contribution < 1.29 is 9.90 Å². The summed E-state index contributed by atoms with van der Waals surface area (Å²) in [4.78, 5) is 27.1. The van der Waals surface area contributed by atoms with Gasteiger partial charge in [0, 0.05) is 5.69 Å². The molecule has 1 aromatic heterocycles. The number of rotatable bonds is 3. The Morgan fingerprint density at radius 1 is 1.35 bits per heavy atom. The Hall–Kier alpha value is -1.95. The molecule has 0 unspecified atom stereocenters. The molecular weight excluding hydrogens is 324 g/mol. The fourth-order valence-corrected chi connectivity index (χ4v) is 2.30. The lowest BCUT2D eigenvalue weighted by Crippen LogP contribution is -2.27. The standard InChI is InChI=1S/C14H13BrN2O3/c1-8-12(15)9(2)17(14(20)16-8)7-10-5-3-4-6-11(10)13(18)19/h3-6H,7H2,1-2H3,(H,18,19). The van der Waals surface area contributed by atoms with Gasteiger partial charge in [-0.1, -0.05) is 18.2 Å². The zero-order chi connectivity index (χ0) is 14.9. The molecule has 2 rings (SSSR count). The molecule has 0 aliphatic carbocycles. The van der Waals surface area contributed by atoms with Gasteiger partial charge in [0.15, 0.2) is 0 Å². The summed E-state index contributed by atoms with van der Waals surface area (Å²) in [5.74, 6) is -1.01. The second kappa shape index (κ2) is 5.58. The van der Waals surface area contributed by atoms with Crippen molar-refractivity contribution in [2.45, 2.75) is 20.4 Å². The van der Waals surface area contributed by atoms with Crippen molar-refractivity contribution >= 4 is 21.9 Å². The van der Waals surface area contributed by atoms with Crippen LogP contribution in [0.2, 0.25) is 0 Å². The summed E-state index contributed by atoms with van der Waals surface area (Å²) in [6, 6.07) is 6.63. The van der Waals surface area contributed by atoms with E-state index < -0.39 is 5.97 Å². The first-order valence-corrected chi connectivity index (χ1v) is 6.76. The third-order valence-electron chi connectivity index (χ3n) is 3.11. The van der Waals surface area contributed by atoms with E-state index in [0.29, 0.717) is 11.3 Å².